The standard InChI is InChI=1S/C15H16ClFN2/c1-3-18-15(14-5-4-12(16)9-19-14)11-6-10(2)7-13(17)8-11/h4-9,15,18H,3H2,1-2H3. The van der Waals surface area contributed by atoms with Crippen LogP contribution in [0, 0.1) is 12.7 Å². The summed E-state index contributed by atoms with van der Waals surface area (Å²) < 4.78 is 13.5. The monoisotopic (exact) mass is 278 g/mol. The Morgan fingerprint density at radius 3 is 2.68 bits per heavy atom. The number of rotatable bonds is 4. The largest absolute Gasteiger partial charge is 0.305 e. The van der Waals surface area contributed by atoms with Gasteiger partial charge in [0.25, 0.3) is 0 Å². The molecule has 0 saturated carbocycles. The van der Waals surface area contributed by atoms with E-state index in [4.69, 9.17) is 11.6 Å². The molecule has 1 heterocycles. The highest BCUT2D eigenvalue weighted by molar-refractivity contribution is 6.30. The van der Waals surface area contributed by atoms with Crippen molar-refractivity contribution in [2.75, 3.05) is 6.54 Å². The Labute approximate surface area is 117 Å². The predicted octanol–water partition coefficient (Wildman–Crippen LogP) is 3.88. The fourth-order valence-electron chi connectivity index (χ4n) is 2.09. The number of hydrogen-bond donors (Lipinski definition) is 1. The van der Waals surface area contributed by atoms with Crippen LogP contribution in [0.4, 0.5) is 4.39 Å². The first kappa shape index (κ1) is 14.0. The van der Waals surface area contributed by atoms with Crippen LogP contribution in [0.1, 0.15) is 29.8 Å². The molecule has 2 nitrogen and oxygen atoms in total. The lowest BCUT2D eigenvalue weighted by molar-refractivity contribution is 0.594. The average molecular weight is 279 g/mol. The molecular formula is C15H16ClFN2. The maximum atomic E-state index is 13.5. The first-order valence-corrected chi connectivity index (χ1v) is 6.60. The van der Waals surface area contributed by atoms with Crippen molar-refractivity contribution in [1.29, 1.82) is 0 Å². The zero-order chi connectivity index (χ0) is 13.8. The van der Waals surface area contributed by atoms with Gasteiger partial charge in [-0.3, -0.25) is 4.98 Å². The highest BCUT2D eigenvalue weighted by atomic mass is 35.5. The second kappa shape index (κ2) is 6.13. The highest BCUT2D eigenvalue weighted by Gasteiger charge is 2.15. The van der Waals surface area contributed by atoms with Gasteiger partial charge in [-0.15, -0.1) is 0 Å². The van der Waals surface area contributed by atoms with Gasteiger partial charge in [0.15, 0.2) is 0 Å². The zero-order valence-corrected chi connectivity index (χ0v) is 11.7. The van der Waals surface area contributed by atoms with Gasteiger partial charge in [0.1, 0.15) is 5.82 Å². The van der Waals surface area contributed by atoms with E-state index >= 15 is 0 Å². The molecule has 100 valence electrons. The van der Waals surface area contributed by atoms with Crippen molar-refractivity contribution < 1.29 is 4.39 Å². The van der Waals surface area contributed by atoms with Gasteiger partial charge in [-0.2, -0.15) is 0 Å². The first-order valence-electron chi connectivity index (χ1n) is 6.22. The van der Waals surface area contributed by atoms with E-state index in [2.05, 4.69) is 10.3 Å². The summed E-state index contributed by atoms with van der Waals surface area (Å²) in [5.41, 5.74) is 2.59. The summed E-state index contributed by atoms with van der Waals surface area (Å²) in [6.07, 6.45) is 1.60. The molecular weight excluding hydrogens is 263 g/mol. The maximum Gasteiger partial charge on any atom is 0.123 e. The first-order chi connectivity index (χ1) is 9.10. The molecule has 1 unspecified atom stereocenters. The summed E-state index contributed by atoms with van der Waals surface area (Å²) in [5.74, 6) is -0.230. The molecule has 2 rings (SSSR count). The third kappa shape index (κ3) is 3.52. The summed E-state index contributed by atoms with van der Waals surface area (Å²) in [5, 5.41) is 3.91. The summed E-state index contributed by atoms with van der Waals surface area (Å²) in [4.78, 5) is 4.32. The Balaban J connectivity index is 2.41. The smallest absolute Gasteiger partial charge is 0.123 e. The van der Waals surface area contributed by atoms with Crippen LogP contribution in [0.15, 0.2) is 36.5 Å². The SMILES string of the molecule is CCNC(c1cc(C)cc(F)c1)c1ccc(Cl)cn1. The fraction of sp³-hybridized carbons (Fsp3) is 0.267. The molecule has 19 heavy (non-hydrogen) atoms. The van der Waals surface area contributed by atoms with E-state index in [0.29, 0.717) is 5.02 Å². The van der Waals surface area contributed by atoms with Crippen molar-refractivity contribution in [3.8, 4) is 0 Å². The topological polar surface area (TPSA) is 24.9 Å². The van der Waals surface area contributed by atoms with Crippen molar-refractivity contribution in [2.24, 2.45) is 0 Å². The molecule has 0 spiro atoms. The van der Waals surface area contributed by atoms with E-state index in [1.165, 1.54) is 12.1 Å². The summed E-state index contributed by atoms with van der Waals surface area (Å²) in [6, 6.07) is 8.54. The molecule has 1 aromatic heterocycles. The van der Waals surface area contributed by atoms with Crippen molar-refractivity contribution in [3.63, 3.8) is 0 Å². The molecule has 1 aromatic carbocycles. The zero-order valence-electron chi connectivity index (χ0n) is 11.0. The Kier molecular flexibility index (Phi) is 4.51. The molecule has 2 aromatic rings. The van der Waals surface area contributed by atoms with Gasteiger partial charge in [0.05, 0.1) is 16.8 Å². The number of hydrogen-bond acceptors (Lipinski definition) is 2. The normalized spacial score (nSPS) is 12.4. The average Bonchev–Trinajstić information content (AvgIpc) is 2.36. The van der Waals surface area contributed by atoms with E-state index in [1.807, 2.05) is 26.0 Å². The van der Waals surface area contributed by atoms with Crippen molar-refractivity contribution in [1.82, 2.24) is 10.3 Å². The van der Waals surface area contributed by atoms with Crippen LogP contribution in [0.25, 0.3) is 0 Å². The minimum absolute atomic E-state index is 0.128. The van der Waals surface area contributed by atoms with Crippen molar-refractivity contribution in [2.45, 2.75) is 19.9 Å². The van der Waals surface area contributed by atoms with E-state index in [9.17, 15) is 4.39 Å². The molecule has 1 N–H and O–H groups in total. The van der Waals surface area contributed by atoms with Gasteiger partial charge in [0.2, 0.25) is 0 Å². The minimum atomic E-state index is -0.230. The number of aryl methyl sites for hydroxylation is 1. The third-order valence-electron chi connectivity index (χ3n) is 2.85. The molecule has 0 saturated heterocycles. The molecule has 0 aliphatic heterocycles. The van der Waals surface area contributed by atoms with Crippen LogP contribution in [-0.2, 0) is 0 Å². The highest BCUT2D eigenvalue weighted by Crippen LogP contribution is 2.23. The van der Waals surface area contributed by atoms with E-state index in [0.717, 1.165) is 23.4 Å². The second-order valence-corrected chi connectivity index (χ2v) is 4.89. The van der Waals surface area contributed by atoms with Gasteiger partial charge in [-0.05, 0) is 48.9 Å². The Morgan fingerprint density at radius 2 is 2.11 bits per heavy atom. The van der Waals surface area contributed by atoms with Crippen LogP contribution in [0.2, 0.25) is 5.02 Å². The summed E-state index contributed by atoms with van der Waals surface area (Å²) in [6.45, 7) is 4.66. The predicted molar refractivity (Wildman–Crippen MR) is 75.9 cm³/mol. The molecule has 0 fully saturated rings. The lowest BCUT2D eigenvalue weighted by Gasteiger charge is -2.18. The molecule has 0 bridgehead atoms. The van der Waals surface area contributed by atoms with Gasteiger partial charge >= 0.3 is 0 Å². The quantitative estimate of drug-likeness (QED) is 0.918. The van der Waals surface area contributed by atoms with E-state index in [1.54, 1.807) is 12.3 Å². The van der Waals surface area contributed by atoms with Crippen LogP contribution in [0.3, 0.4) is 0 Å². The van der Waals surface area contributed by atoms with Crippen molar-refractivity contribution >= 4 is 11.6 Å². The van der Waals surface area contributed by atoms with Gasteiger partial charge < -0.3 is 5.32 Å². The molecule has 1 atom stereocenters. The van der Waals surface area contributed by atoms with Crippen LogP contribution in [0.5, 0.6) is 0 Å². The Hall–Kier alpha value is -1.45. The third-order valence-corrected chi connectivity index (χ3v) is 3.08. The summed E-state index contributed by atoms with van der Waals surface area (Å²) in [7, 11) is 0. The molecule has 0 amide bonds. The number of benzene rings is 1. The number of nitrogens with zero attached hydrogens (tertiary/aromatic N) is 1. The molecule has 4 heteroatoms. The van der Waals surface area contributed by atoms with Crippen LogP contribution >= 0.6 is 11.6 Å². The maximum absolute atomic E-state index is 13.5. The molecule has 0 radical (unpaired) electrons. The molecule has 0 aliphatic rings. The number of nitrogens with one attached hydrogen (secondary N) is 1. The Morgan fingerprint density at radius 1 is 1.32 bits per heavy atom. The lowest BCUT2D eigenvalue weighted by atomic mass is 10.0. The van der Waals surface area contributed by atoms with Gasteiger partial charge in [-0.1, -0.05) is 24.6 Å². The summed E-state index contributed by atoms with van der Waals surface area (Å²) >= 11 is 5.85. The number of halogens is 2. The Bertz CT molecular complexity index is 534. The van der Waals surface area contributed by atoms with Gasteiger partial charge in [-0.25, -0.2) is 4.39 Å². The van der Waals surface area contributed by atoms with Crippen LogP contribution < -0.4 is 5.32 Å². The lowest BCUT2D eigenvalue weighted by Crippen LogP contribution is -2.23. The fourth-order valence-corrected chi connectivity index (χ4v) is 2.20. The number of pyridine rings is 1. The molecule has 0 aliphatic carbocycles. The van der Waals surface area contributed by atoms with E-state index in [-0.39, 0.29) is 11.9 Å². The van der Waals surface area contributed by atoms with E-state index < -0.39 is 0 Å². The second-order valence-electron chi connectivity index (χ2n) is 4.45. The minimum Gasteiger partial charge on any atom is -0.305 e. The van der Waals surface area contributed by atoms with Crippen molar-refractivity contribution in [3.05, 3.63) is 64.2 Å². The number of aromatic nitrogens is 1. The van der Waals surface area contributed by atoms with Gasteiger partial charge in [0, 0.05) is 6.20 Å². The van der Waals surface area contributed by atoms with Crippen LogP contribution in [-0.4, -0.2) is 11.5 Å².